The van der Waals surface area contributed by atoms with Gasteiger partial charge in [-0.25, -0.2) is 13.9 Å². The molecule has 0 saturated carbocycles. The Morgan fingerprint density at radius 3 is 2.65 bits per heavy atom. The Kier molecular flexibility index (Phi) is 4.68. The minimum absolute atomic E-state index is 0.0586. The van der Waals surface area contributed by atoms with Crippen molar-refractivity contribution in [2.24, 2.45) is 7.05 Å². The molecule has 20 heavy (non-hydrogen) atoms. The molecule has 1 unspecified atom stereocenters. The maximum absolute atomic E-state index is 13.8. The van der Waals surface area contributed by atoms with Crippen molar-refractivity contribution in [2.75, 3.05) is 6.61 Å². The molecule has 0 aliphatic heterocycles. The van der Waals surface area contributed by atoms with Crippen LogP contribution in [0.4, 0.5) is 4.39 Å². The van der Waals surface area contributed by atoms with Crippen LogP contribution >= 0.6 is 0 Å². The van der Waals surface area contributed by atoms with E-state index in [1.807, 2.05) is 30.3 Å². The fourth-order valence-electron chi connectivity index (χ4n) is 1.83. The smallest absolute Gasteiger partial charge is 0.345 e. The predicted molar refractivity (Wildman–Crippen MR) is 73.2 cm³/mol. The fourth-order valence-corrected chi connectivity index (χ4v) is 1.83. The molecule has 2 aromatic rings. The second-order valence-corrected chi connectivity index (χ2v) is 4.67. The highest BCUT2D eigenvalue weighted by Gasteiger charge is 2.13. The highest BCUT2D eigenvalue weighted by molar-refractivity contribution is 5.13. The molecule has 0 N–H and O–H groups in total. The largest absolute Gasteiger partial charge is 0.374 e. The number of aryl methyl sites for hydroxylation is 1. The quantitative estimate of drug-likeness (QED) is 0.804. The molecule has 6 heteroatoms. The average Bonchev–Trinajstić information content (AvgIpc) is 2.67. The van der Waals surface area contributed by atoms with Gasteiger partial charge in [0.05, 0.1) is 19.8 Å². The molecule has 0 aliphatic rings. The normalized spacial score (nSPS) is 12.6. The van der Waals surface area contributed by atoms with Crippen LogP contribution in [0.25, 0.3) is 0 Å². The van der Waals surface area contributed by atoms with E-state index in [9.17, 15) is 9.18 Å². The van der Waals surface area contributed by atoms with Gasteiger partial charge in [-0.3, -0.25) is 4.57 Å². The van der Waals surface area contributed by atoms with Crippen LogP contribution in [0, 0.1) is 6.92 Å². The number of hydrogen-bond donors (Lipinski definition) is 0. The molecule has 0 amide bonds. The van der Waals surface area contributed by atoms with Gasteiger partial charge in [-0.05, 0) is 12.5 Å². The fraction of sp³-hybridized carbons (Fsp3) is 0.429. The summed E-state index contributed by atoms with van der Waals surface area (Å²) in [6.45, 7) is 1.92. The second-order valence-electron chi connectivity index (χ2n) is 4.67. The summed E-state index contributed by atoms with van der Waals surface area (Å²) in [4.78, 5) is 11.7. The van der Waals surface area contributed by atoms with E-state index < -0.39 is 6.17 Å². The summed E-state index contributed by atoms with van der Waals surface area (Å²) < 4.78 is 21.6. The lowest BCUT2D eigenvalue weighted by molar-refractivity contribution is 0.0611. The van der Waals surface area contributed by atoms with E-state index in [0.29, 0.717) is 12.4 Å². The summed E-state index contributed by atoms with van der Waals surface area (Å²) in [6, 6.07) is 9.56. The predicted octanol–water partition coefficient (Wildman–Crippen LogP) is 1.45. The van der Waals surface area contributed by atoms with Gasteiger partial charge in [0.1, 0.15) is 12.0 Å². The first-order valence-electron chi connectivity index (χ1n) is 6.44. The molecule has 0 spiro atoms. The van der Waals surface area contributed by atoms with Crippen molar-refractivity contribution in [2.45, 2.75) is 26.2 Å². The van der Waals surface area contributed by atoms with E-state index in [0.717, 1.165) is 10.2 Å². The Morgan fingerprint density at radius 2 is 2.05 bits per heavy atom. The molecule has 1 heterocycles. The number of nitrogens with zero attached hydrogens (tertiary/aromatic N) is 3. The molecule has 1 aromatic heterocycles. The Morgan fingerprint density at radius 1 is 1.35 bits per heavy atom. The molecule has 0 aliphatic carbocycles. The third-order valence-electron chi connectivity index (χ3n) is 3.04. The SMILES string of the molecule is Cc1nn(CC(F)COCc2ccccc2)c(=O)n1C. The number of ether oxygens (including phenoxy) is 1. The molecule has 0 radical (unpaired) electrons. The summed E-state index contributed by atoms with van der Waals surface area (Å²) in [5, 5.41) is 3.99. The summed E-state index contributed by atoms with van der Waals surface area (Å²) in [7, 11) is 1.61. The molecular weight excluding hydrogens is 261 g/mol. The van der Waals surface area contributed by atoms with Crippen molar-refractivity contribution in [1.82, 2.24) is 14.3 Å². The number of halogens is 1. The zero-order valence-electron chi connectivity index (χ0n) is 11.6. The van der Waals surface area contributed by atoms with Crippen molar-refractivity contribution in [3.05, 3.63) is 52.2 Å². The second kappa shape index (κ2) is 6.47. The third kappa shape index (κ3) is 3.54. The van der Waals surface area contributed by atoms with Gasteiger partial charge in [0.15, 0.2) is 0 Å². The van der Waals surface area contributed by atoms with Crippen LogP contribution in [-0.2, 0) is 24.9 Å². The molecule has 2 rings (SSSR count). The van der Waals surface area contributed by atoms with Crippen LogP contribution in [0.15, 0.2) is 35.1 Å². The first-order valence-corrected chi connectivity index (χ1v) is 6.44. The van der Waals surface area contributed by atoms with Crippen LogP contribution in [-0.4, -0.2) is 27.1 Å². The van der Waals surface area contributed by atoms with E-state index in [4.69, 9.17) is 4.74 Å². The maximum atomic E-state index is 13.8. The Balaban J connectivity index is 1.82. The highest BCUT2D eigenvalue weighted by Crippen LogP contribution is 2.03. The number of alkyl halides is 1. The highest BCUT2D eigenvalue weighted by atomic mass is 19.1. The van der Waals surface area contributed by atoms with Crippen molar-refractivity contribution >= 4 is 0 Å². The molecule has 108 valence electrons. The zero-order valence-corrected chi connectivity index (χ0v) is 11.6. The topological polar surface area (TPSA) is 49.1 Å². The van der Waals surface area contributed by atoms with Crippen molar-refractivity contribution < 1.29 is 9.13 Å². The van der Waals surface area contributed by atoms with E-state index in [2.05, 4.69) is 5.10 Å². The molecule has 5 nitrogen and oxygen atoms in total. The maximum Gasteiger partial charge on any atom is 0.345 e. The van der Waals surface area contributed by atoms with Crippen molar-refractivity contribution in [3.8, 4) is 0 Å². The van der Waals surface area contributed by atoms with E-state index in [1.165, 1.54) is 4.57 Å². The van der Waals surface area contributed by atoms with Gasteiger partial charge in [-0.2, -0.15) is 5.10 Å². The summed E-state index contributed by atoms with van der Waals surface area (Å²) in [5.74, 6) is 0.562. The Labute approximate surface area is 116 Å². The Hall–Kier alpha value is -1.95. The van der Waals surface area contributed by atoms with Gasteiger partial charge in [0.25, 0.3) is 0 Å². The number of aromatic nitrogens is 3. The van der Waals surface area contributed by atoms with Gasteiger partial charge >= 0.3 is 5.69 Å². The number of rotatable bonds is 6. The van der Waals surface area contributed by atoms with Gasteiger partial charge in [-0.1, -0.05) is 30.3 Å². The van der Waals surface area contributed by atoms with Crippen LogP contribution in [0.1, 0.15) is 11.4 Å². The summed E-state index contributed by atoms with van der Waals surface area (Å²) >= 11 is 0. The number of benzene rings is 1. The van der Waals surface area contributed by atoms with Gasteiger partial charge in [0.2, 0.25) is 0 Å². The molecule has 1 aromatic carbocycles. The third-order valence-corrected chi connectivity index (χ3v) is 3.04. The Bertz CT molecular complexity index is 607. The lowest BCUT2D eigenvalue weighted by atomic mass is 10.2. The van der Waals surface area contributed by atoms with Crippen LogP contribution in [0.5, 0.6) is 0 Å². The first kappa shape index (κ1) is 14.5. The zero-order chi connectivity index (χ0) is 14.5. The van der Waals surface area contributed by atoms with Crippen molar-refractivity contribution in [3.63, 3.8) is 0 Å². The van der Waals surface area contributed by atoms with Gasteiger partial charge in [0, 0.05) is 7.05 Å². The van der Waals surface area contributed by atoms with Crippen molar-refractivity contribution in [1.29, 1.82) is 0 Å². The molecule has 0 saturated heterocycles. The lowest BCUT2D eigenvalue weighted by Crippen LogP contribution is -2.28. The average molecular weight is 279 g/mol. The molecular formula is C14H18FN3O2. The minimum Gasteiger partial charge on any atom is -0.374 e. The first-order chi connectivity index (χ1) is 9.58. The summed E-state index contributed by atoms with van der Waals surface area (Å²) in [5.41, 5.74) is 0.679. The van der Waals surface area contributed by atoms with Crippen LogP contribution in [0.3, 0.4) is 0 Å². The van der Waals surface area contributed by atoms with Gasteiger partial charge < -0.3 is 4.74 Å². The van der Waals surface area contributed by atoms with E-state index in [1.54, 1.807) is 14.0 Å². The van der Waals surface area contributed by atoms with Crippen LogP contribution in [0.2, 0.25) is 0 Å². The van der Waals surface area contributed by atoms with E-state index in [-0.39, 0.29) is 18.8 Å². The van der Waals surface area contributed by atoms with Gasteiger partial charge in [-0.15, -0.1) is 0 Å². The van der Waals surface area contributed by atoms with Crippen LogP contribution < -0.4 is 5.69 Å². The van der Waals surface area contributed by atoms with E-state index >= 15 is 0 Å². The summed E-state index contributed by atoms with van der Waals surface area (Å²) in [6.07, 6.45) is -1.26. The molecule has 1 atom stereocenters. The number of hydrogen-bond acceptors (Lipinski definition) is 3. The monoisotopic (exact) mass is 279 g/mol. The molecule has 0 bridgehead atoms. The minimum atomic E-state index is -1.26. The standard InChI is InChI=1S/C14H18FN3O2/c1-11-16-18(14(19)17(11)2)8-13(15)10-20-9-12-6-4-3-5-7-12/h3-7,13H,8-10H2,1-2H3. The lowest BCUT2D eigenvalue weighted by Gasteiger charge is -2.08. The molecule has 0 fully saturated rings.